The number of aliphatic hydroxyl groups excluding tert-OH is 1. The van der Waals surface area contributed by atoms with Gasteiger partial charge in [0.2, 0.25) is 5.91 Å². The number of likely N-dealkylation sites (tertiary alicyclic amines) is 1. The van der Waals surface area contributed by atoms with Gasteiger partial charge in [0.1, 0.15) is 9.59 Å². The number of amides is 2. The lowest BCUT2D eigenvalue weighted by Crippen LogP contribution is -2.49. The number of carbonyl (C=O) groups excluding carboxylic acids is 1. The lowest BCUT2D eigenvalue weighted by molar-refractivity contribution is -0.125. The van der Waals surface area contributed by atoms with Gasteiger partial charge in [-0.1, -0.05) is 24.3 Å². The molecule has 1 aromatic heterocycles. The first-order chi connectivity index (χ1) is 12.7. The first-order valence-electron chi connectivity index (χ1n) is 8.38. The molecule has 2 amide bonds. The number of nitrogens with one attached hydrogen (secondary N) is 1. The van der Waals surface area contributed by atoms with Crippen molar-refractivity contribution in [1.29, 1.82) is 0 Å². The van der Waals surface area contributed by atoms with E-state index in [1.54, 1.807) is 11.3 Å². The number of benzene rings is 1. The van der Waals surface area contributed by atoms with Gasteiger partial charge in [-0.2, -0.15) is 0 Å². The van der Waals surface area contributed by atoms with Crippen LogP contribution in [0.4, 0.5) is 4.79 Å². The summed E-state index contributed by atoms with van der Waals surface area (Å²) in [7, 11) is 0. The molecule has 1 fully saturated rings. The minimum Gasteiger partial charge on any atom is -0.465 e. The monoisotopic (exact) mass is 501 g/mol. The lowest BCUT2D eigenvalue weighted by Gasteiger charge is -2.29. The number of aromatic nitrogens is 1. The summed E-state index contributed by atoms with van der Waals surface area (Å²) in [6, 6.07) is 6.98. The number of hydrogen-bond acceptors (Lipinski definition) is 5. The van der Waals surface area contributed by atoms with Crippen LogP contribution in [0.25, 0.3) is 10.4 Å². The Morgan fingerprint density at radius 1 is 1.37 bits per heavy atom. The Morgan fingerprint density at radius 2 is 2.04 bits per heavy atom. The number of rotatable bonds is 4. The van der Waals surface area contributed by atoms with Crippen LogP contribution < -0.4 is 5.32 Å². The molecule has 27 heavy (non-hydrogen) atoms. The summed E-state index contributed by atoms with van der Waals surface area (Å²) < 4.78 is -0.714. The number of carbonyl (C=O) groups is 2. The highest BCUT2D eigenvalue weighted by Crippen LogP contribution is 2.33. The van der Waals surface area contributed by atoms with E-state index in [0.717, 1.165) is 26.6 Å². The van der Waals surface area contributed by atoms with Crippen molar-refractivity contribution in [1.82, 2.24) is 15.2 Å². The van der Waals surface area contributed by atoms with E-state index in [-0.39, 0.29) is 13.0 Å². The zero-order valence-corrected chi connectivity index (χ0v) is 17.8. The predicted octanol–water partition coefficient (Wildman–Crippen LogP) is 2.96. The highest BCUT2D eigenvalue weighted by Gasteiger charge is 2.41. The Bertz CT molecular complexity index is 853. The van der Waals surface area contributed by atoms with E-state index in [0.29, 0.717) is 0 Å². The molecular formula is C18H20IN3O4S. The van der Waals surface area contributed by atoms with Crippen molar-refractivity contribution in [3.63, 3.8) is 0 Å². The van der Waals surface area contributed by atoms with Crippen molar-refractivity contribution in [2.45, 2.75) is 36.0 Å². The Balaban J connectivity index is 1.75. The number of β-amino-alcohol motifs (C(OH)–C–C–N with tert-alkyl or cyclic N) is 1. The fourth-order valence-electron chi connectivity index (χ4n) is 3.17. The summed E-state index contributed by atoms with van der Waals surface area (Å²) >= 11 is 3.71. The van der Waals surface area contributed by atoms with E-state index < -0.39 is 27.7 Å². The van der Waals surface area contributed by atoms with Crippen LogP contribution in [0.1, 0.15) is 24.6 Å². The third kappa shape index (κ3) is 4.25. The quantitative estimate of drug-likeness (QED) is 0.340. The molecule has 3 rings (SSSR count). The molecule has 3 atom stereocenters. The molecular weight excluding hydrogens is 481 g/mol. The fourth-order valence-corrected chi connectivity index (χ4v) is 4.61. The molecule has 0 radical (unpaired) electrons. The summed E-state index contributed by atoms with van der Waals surface area (Å²) in [5, 5.41) is 21.9. The smallest absolute Gasteiger partial charge is 0.408 e. The number of halogens is 1. The Kier molecular flexibility index (Phi) is 5.73. The van der Waals surface area contributed by atoms with Crippen LogP contribution in [0.15, 0.2) is 29.8 Å². The van der Waals surface area contributed by atoms with Gasteiger partial charge in [-0.05, 0) is 47.6 Å². The molecule has 1 unspecified atom stereocenters. The van der Waals surface area contributed by atoms with E-state index >= 15 is 0 Å². The van der Waals surface area contributed by atoms with Crippen LogP contribution in [0.2, 0.25) is 0 Å². The van der Waals surface area contributed by atoms with Crippen LogP contribution in [-0.2, 0) is 8.34 Å². The van der Waals surface area contributed by atoms with E-state index in [2.05, 4.69) is 32.9 Å². The normalized spacial score (nSPS) is 21.7. The van der Waals surface area contributed by atoms with Crippen LogP contribution in [-0.4, -0.2) is 50.8 Å². The number of carboxylic acid groups (broad SMARTS) is 1. The molecule has 0 spiro atoms. The van der Waals surface area contributed by atoms with Crippen molar-refractivity contribution in [3.8, 4) is 10.4 Å². The number of aliphatic hydroxyl groups is 1. The Morgan fingerprint density at radius 3 is 2.59 bits per heavy atom. The van der Waals surface area contributed by atoms with Crippen molar-refractivity contribution >= 4 is 45.9 Å². The Labute approximate surface area is 174 Å². The van der Waals surface area contributed by atoms with Crippen LogP contribution in [0.5, 0.6) is 0 Å². The maximum absolute atomic E-state index is 12.7. The predicted molar refractivity (Wildman–Crippen MR) is 111 cm³/mol. The maximum Gasteiger partial charge on any atom is 0.408 e. The topological polar surface area (TPSA) is 103 Å². The number of aryl methyl sites for hydroxylation is 1. The van der Waals surface area contributed by atoms with Crippen LogP contribution >= 0.6 is 33.9 Å². The molecule has 0 aliphatic carbocycles. The first kappa shape index (κ1) is 20.0. The molecule has 9 heteroatoms. The first-order valence-corrected chi connectivity index (χ1v) is 10.3. The molecule has 0 saturated carbocycles. The summed E-state index contributed by atoms with van der Waals surface area (Å²) in [5.74, 6) is -0.409. The highest BCUT2D eigenvalue weighted by atomic mass is 127. The molecule has 1 aliphatic heterocycles. The van der Waals surface area contributed by atoms with Gasteiger partial charge in [0, 0.05) is 6.42 Å². The van der Waals surface area contributed by atoms with E-state index in [1.807, 2.05) is 43.6 Å². The molecule has 144 valence electrons. The van der Waals surface area contributed by atoms with Gasteiger partial charge in [-0.25, -0.2) is 9.78 Å². The maximum atomic E-state index is 12.7. The minimum absolute atomic E-state index is 0.0473. The summed E-state index contributed by atoms with van der Waals surface area (Å²) in [4.78, 5) is 30.3. The van der Waals surface area contributed by atoms with Crippen molar-refractivity contribution in [2.24, 2.45) is 0 Å². The molecule has 1 aromatic carbocycles. The number of nitrogens with zero attached hydrogens (tertiary/aromatic N) is 2. The molecule has 2 aromatic rings. The lowest BCUT2D eigenvalue weighted by atomic mass is 10.0. The Hall–Kier alpha value is -1.72. The van der Waals surface area contributed by atoms with Gasteiger partial charge >= 0.3 is 6.09 Å². The van der Waals surface area contributed by atoms with Gasteiger partial charge in [-0.15, -0.1) is 11.3 Å². The van der Waals surface area contributed by atoms with E-state index in [9.17, 15) is 19.8 Å². The molecule has 3 N–H and O–H groups in total. The third-order valence-electron chi connectivity index (χ3n) is 4.62. The zero-order valence-electron chi connectivity index (χ0n) is 14.8. The standard InChI is InChI=1S/C18H20IN3O4S/c1-10-15(27-9-20-10)11-3-5-12(6-4-11)18(2,19)21-16(24)14-7-13(23)8-22(14)17(25)26/h3-6,9,13-14,23H,7-8H2,1-2H3,(H,21,24)(H,25,26)/t13-,14+,18?/m1/s1. The SMILES string of the molecule is Cc1ncsc1-c1ccc(C(C)(I)NC(=O)[C@@H]2C[C@@H](O)CN2C(=O)O)cc1. The van der Waals surface area contributed by atoms with Crippen molar-refractivity contribution in [3.05, 3.63) is 41.0 Å². The van der Waals surface area contributed by atoms with Gasteiger partial charge in [-0.3, -0.25) is 9.69 Å². The molecule has 2 heterocycles. The zero-order chi connectivity index (χ0) is 19.8. The van der Waals surface area contributed by atoms with E-state index in [4.69, 9.17) is 0 Å². The average Bonchev–Trinajstić information content (AvgIpc) is 3.20. The second-order valence-corrected chi connectivity index (χ2v) is 9.69. The summed E-state index contributed by atoms with van der Waals surface area (Å²) in [6.45, 7) is 3.77. The van der Waals surface area contributed by atoms with Crippen molar-refractivity contribution < 1.29 is 19.8 Å². The largest absolute Gasteiger partial charge is 0.465 e. The van der Waals surface area contributed by atoms with Gasteiger partial charge in [0.25, 0.3) is 0 Å². The third-order valence-corrected chi connectivity index (χ3v) is 6.49. The second-order valence-electron chi connectivity index (χ2n) is 6.68. The molecule has 1 aliphatic rings. The molecule has 7 nitrogen and oxygen atoms in total. The average molecular weight is 501 g/mol. The summed E-state index contributed by atoms with van der Waals surface area (Å²) in [5.41, 5.74) is 4.74. The van der Waals surface area contributed by atoms with Crippen molar-refractivity contribution in [2.75, 3.05) is 6.54 Å². The number of hydrogen-bond donors (Lipinski definition) is 3. The van der Waals surface area contributed by atoms with E-state index in [1.165, 1.54) is 0 Å². The molecule has 1 saturated heterocycles. The number of thiazole rings is 1. The second kappa shape index (κ2) is 7.72. The molecule has 0 bridgehead atoms. The minimum atomic E-state index is -1.20. The highest BCUT2D eigenvalue weighted by molar-refractivity contribution is 14.1. The van der Waals surface area contributed by atoms with Gasteiger partial charge in [0.05, 0.1) is 28.7 Å². The van der Waals surface area contributed by atoms with Crippen LogP contribution in [0.3, 0.4) is 0 Å². The van der Waals surface area contributed by atoms with Gasteiger partial charge in [0.15, 0.2) is 0 Å². The summed E-state index contributed by atoms with van der Waals surface area (Å²) in [6.07, 6.45) is -1.92. The van der Waals surface area contributed by atoms with Gasteiger partial charge < -0.3 is 15.5 Å². The van der Waals surface area contributed by atoms with Crippen LogP contribution in [0, 0.1) is 6.92 Å². The fraction of sp³-hybridized carbons (Fsp3) is 0.389. The number of alkyl halides is 1.